The van der Waals surface area contributed by atoms with Crippen LogP contribution in [0, 0.1) is 0 Å². The molecule has 0 bridgehead atoms. The average molecular weight is 843 g/mol. The smallest absolute Gasteiger partial charge is 0.164 e. The Labute approximate surface area is 380 Å². The number of para-hydroxylation sites is 2. The predicted octanol–water partition coefficient (Wildman–Crippen LogP) is 16.0. The number of benzene rings is 10. The summed E-state index contributed by atoms with van der Waals surface area (Å²) in [4.78, 5) is 15.9. The number of furan rings is 1. The summed E-state index contributed by atoms with van der Waals surface area (Å²) in [5, 5.41) is 6.92. The first-order valence-corrected chi connectivity index (χ1v) is 22.3. The van der Waals surface area contributed by atoms with Gasteiger partial charge in [0.1, 0.15) is 11.2 Å². The first-order valence-electron chi connectivity index (χ1n) is 22.3. The van der Waals surface area contributed by atoms with Gasteiger partial charge in [0.2, 0.25) is 0 Å². The maximum absolute atomic E-state index is 6.50. The fraction of sp³-hybridized carbons (Fsp3) is 0. The topological polar surface area (TPSA) is 56.7 Å². The molecule has 5 nitrogen and oxygen atoms in total. The second-order valence-electron chi connectivity index (χ2n) is 16.8. The van der Waals surface area contributed by atoms with Crippen molar-refractivity contribution in [1.82, 2.24) is 19.5 Å². The van der Waals surface area contributed by atoms with Gasteiger partial charge in [-0.1, -0.05) is 176 Å². The van der Waals surface area contributed by atoms with Crippen LogP contribution in [0.25, 0.3) is 128 Å². The van der Waals surface area contributed by atoms with Crippen LogP contribution in [0.4, 0.5) is 0 Å². The summed E-state index contributed by atoms with van der Waals surface area (Å²) in [5.74, 6) is 1.78. The van der Waals surface area contributed by atoms with Crippen LogP contribution in [0.3, 0.4) is 0 Å². The quantitative estimate of drug-likeness (QED) is 0.160. The molecule has 3 aromatic heterocycles. The third kappa shape index (κ3) is 6.36. The highest BCUT2D eigenvalue weighted by molar-refractivity contribution is 6.15. The lowest BCUT2D eigenvalue weighted by Gasteiger charge is -2.16. The fourth-order valence-electron chi connectivity index (χ4n) is 9.69. The van der Waals surface area contributed by atoms with Crippen molar-refractivity contribution in [1.29, 1.82) is 0 Å². The molecule has 0 atom stereocenters. The molecule has 66 heavy (non-hydrogen) atoms. The van der Waals surface area contributed by atoms with Crippen molar-refractivity contribution in [2.45, 2.75) is 0 Å². The molecule has 5 heteroatoms. The molecule has 10 aromatic carbocycles. The van der Waals surface area contributed by atoms with Crippen molar-refractivity contribution in [2.24, 2.45) is 0 Å². The Morgan fingerprint density at radius 3 is 1.68 bits per heavy atom. The van der Waals surface area contributed by atoms with Gasteiger partial charge in [-0.3, -0.25) is 0 Å². The lowest BCUT2D eigenvalue weighted by atomic mass is 9.94. The van der Waals surface area contributed by atoms with Gasteiger partial charge in [0.15, 0.2) is 17.5 Å². The van der Waals surface area contributed by atoms with Crippen LogP contribution in [0.2, 0.25) is 0 Å². The van der Waals surface area contributed by atoms with E-state index in [-0.39, 0.29) is 0 Å². The minimum atomic E-state index is 0.580. The summed E-state index contributed by atoms with van der Waals surface area (Å²) >= 11 is 0. The largest absolute Gasteiger partial charge is 0.456 e. The summed E-state index contributed by atoms with van der Waals surface area (Å²) in [5.41, 5.74) is 14.3. The molecule has 13 aromatic rings. The molecule has 0 N–H and O–H groups in total. The van der Waals surface area contributed by atoms with E-state index in [4.69, 9.17) is 19.4 Å². The normalized spacial score (nSPS) is 11.6. The number of rotatable bonds is 7. The molecule has 0 amide bonds. The van der Waals surface area contributed by atoms with Crippen molar-refractivity contribution in [2.75, 3.05) is 0 Å². The third-order valence-electron chi connectivity index (χ3n) is 12.8. The van der Waals surface area contributed by atoms with E-state index in [1.54, 1.807) is 0 Å². The Kier molecular flexibility index (Phi) is 8.78. The van der Waals surface area contributed by atoms with Crippen LogP contribution in [0.15, 0.2) is 235 Å². The van der Waals surface area contributed by atoms with E-state index in [0.717, 1.165) is 77.6 Å². The van der Waals surface area contributed by atoms with Crippen LogP contribution in [0.1, 0.15) is 0 Å². The van der Waals surface area contributed by atoms with Gasteiger partial charge in [-0.2, -0.15) is 0 Å². The molecule has 308 valence electrons. The van der Waals surface area contributed by atoms with E-state index in [2.05, 4.69) is 199 Å². The Morgan fingerprint density at radius 1 is 0.303 bits per heavy atom. The van der Waals surface area contributed by atoms with Crippen LogP contribution in [-0.2, 0) is 0 Å². The molecule has 0 fully saturated rings. The first kappa shape index (κ1) is 37.6. The summed E-state index contributed by atoms with van der Waals surface area (Å²) < 4.78 is 8.90. The van der Waals surface area contributed by atoms with E-state index in [9.17, 15) is 0 Å². The monoisotopic (exact) mass is 842 g/mol. The molecule has 0 aliphatic rings. The highest BCUT2D eigenvalue weighted by Crippen LogP contribution is 2.43. The Morgan fingerprint density at radius 2 is 0.879 bits per heavy atom. The van der Waals surface area contributed by atoms with Gasteiger partial charge in [-0.25, -0.2) is 15.0 Å². The Hall–Kier alpha value is -8.93. The first-order chi connectivity index (χ1) is 32.7. The van der Waals surface area contributed by atoms with Crippen molar-refractivity contribution in [3.8, 4) is 73.2 Å². The van der Waals surface area contributed by atoms with E-state index in [1.807, 2.05) is 36.4 Å². The molecule has 3 heterocycles. The number of aromatic nitrogens is 4. The zero-order valence-corrected chi connectivity index (χ0v) is 35.6. The minimum absolute atomic E-state index is 0.580. The van der Waals surface area contributed by atoms with E-state index in [0.29, 0.717) is 17.5 Å². The molecule has 0 saturated carbocycles. The number of hydrogen-bond donors (Lipinski definition) is 0. The number of hydrogen-bond acceptors (Lipinski definition) is 4. The van der Waals surface area contributed by atoms with Crippen molar-refractivity contribution in [3.05, 3.63) is 231 Å². The van der Waals surface area contributed by atoms with E-state index >= 15 is 0 Å². The summed E-state index contributed by atoms with van der Waals surface area (Å²) in [6.07, 6.45) is 0. The van der Waals surface area contributed by atoms with Gasteiger partial charge in [-0.15, -0.1) is 0 Å². The predicted molar refractivity (Wildman–Crippen MR) is 272 cm³/mol. The number of nitrogens with zero attached hydrogens (tertiary/aromatic N) is 4. The second kappa shape index (κ2) is 15.4. The lowest BCUT2D eigenvalue weighted by molar-refractivity contribution is 0.669. The van der Waals surface area contributed by atoms with Crippen molar-refractivity contribution < 1.29 is 4.42 Å². The van der Waals surface area contributed by atoms with Gasteiger partial charge in [0.05, 0.1) is 11.0 Å². The molecule has 0 spiro atoms. The molecule has 0 aliphatic heterocycles. The van der Waals surface area contributed by atoms with Crippen LogP contribution in [-0.4, -0.2) is 19.5 Å². The van der Waals surface area contributed by atoms with Crippen LogP contribution >= 0.6 is 0 Å². The summed E-state index contributed by atoms with van der Waals surface area (Å²) in [6, 6.07) is 81.1. The van der Waals surface area contributed by atoms with Gasteiger partial charge in [-0.05, 0) is 98.8 Å². The molecular formula is C61H38N4O. The molecule has 0 saturated heterocycles. The second-order valence-corrected chi connectivity index (χ2v) is 16.8. The highest BCUT2D eigenvalue weighted by Gasteiger charge is 2.22. The van der Waals surface area contributed by atoms with Gasteiger partial charge < -0.3 is 8.98 Å². The number of fused-ring (bicyclic) bond motifs is 7. The molecular weight excluding hydrogens is 805 g/mol. The summed E-state index contributed by atoms with van der Waals surface area (Å²) in [7, 11) is 0. The molecule has 13 rings (SSSR count). The summed E-state index contributed by atoms with van der Waals surface area (Å²) in [6.45, 7) is 0. The SMILES string of the molecule is c1ccc(-c2ccc(-c3cccc(-c4nc(-c5ccccc5)nc(-c5ccc(-n6c7ccccc7c7cc8ccccc8cc76)cc5-c5cccc6oc7ccccc7c56)n4)c3)cc2)cc1. The maximum atomic E-state index is 6.50. The van der Waals surface area contributed by atoms with Crippen LogP contribution < -0.4 is 0 Å². The van der Waals surface area contributed by atoms with Crippen LogP contribution in [0.5, 0.6) is 0 Å². The molecule has 0 radical (unpaired) electrons. The van der Waals surface area contributed by atoms with E-state index in [1.165, 1.54) is 32.7 Å². The molecule has 0 aliphatic carbocycles. The Bertz CT molecular complexity index is 3980. The van der Waals surface area contributed by atoms with Crippen molar-refractivity contribution in [3.63, 3.8) is 0 Å². The Balaban J connectivity index is 1.04. The standard InChI is InChI=1S/C61H38N4O/c1-3-15-39(16-4-1)40-29-31-41(32-30-40)43-21-13-22-46(35-43)60-62-59(42-17-5-2-6-18-42)63-61(64-60)50-34-33-47(38-52(50)49-25-14-28-57-58(49)51-24-10-12-27-56(51)66-57)65-54-26-11-9-23-48(54)53-36-44-19-7-8-20-45(44)37-55(53)65/h1-38H. The molecule has 0 unspecified atom stereocenters. The average Bonchev–Trinajstić information content (AvgIpc) is 3.94. The lowest BCUT2D eigenvalue weighted by Crippen LogP contribution is -2.02. The zero-order chi connectivity index (χ0) is 43.6. The van der Waals surface area contributed by atoms with Gasteiger partial charge in [0, 0.05) is 43.9 Å². The van der Waals surface area contributed by atoms with Gasteiger partial charge >= 0.3 is 0 Å². The van der Waals surface area contributed by atoms with E-state index < -0.39 is 0 Å². The third-order valence-corrected chi connectivity index (χ3v) is 12.8. The fourth-order valence-corrected chi connectivity index (χ4v) is 9.69. The highest BCUT2D eigenvalue weighted by atomic mass is 16.3. The minimum Gasteiger partial charge on any atom is -0.456 e. The maximum Gasteiger partial charge on any atom is 0.164 e. The zero-order valence-electron chi connectivity index (χ0n) is 35.6. The van der Waals surface area contributed by atoms with Crippen molar-refractivity contribution >= 4 is 54.5 Å². The van der Waals surface area contributed by atoms with Gasteiger partial charge in [0.25, 0.3) is 0 Å².